The number of hydrogen-bond acceptors (Lipinski definition) is 3. The van der Waals surface area contributed by atoms with Crippen LogP contribution in [0.5, 0.6) is 0 Å². The predicted molar refractivity (Wildman–Crippen MR) is 64.3 cm³/mol. The molecule has 0 aromatic heterocycles. The van der Waals surface area contributed by atoms with Crippen LogP contribution >= 0.6 is 0 Å². The summed E-state index contributed by atoms with van der Waals surface area (Å²) in [7, 11) is 0. The Morgan fingerprint density at radius 1 is 0.938 bits per heavy atom. The third-order valence-electron chi connectivity index (χ3n) is 4.21. The van der Waals surface area contributed by atoms with Crippen LogP contribution < -0.4 is 0 Å². The van der Waals surface area contributed by atoms with Gasteiger partial charge in [0.15, 0.2) is 0 Å². The van der Waals surface area contributed by atoms with Gasteiger partial charge in [-0.2, -0.15) is 0 Å². The lowest BCUT2D eigenvalue weighted by molar-refractivity contribution is 0.00521. The molecule has 1 unspecified atom stereocenters. The van der Waals surface area contributed by atoms with Gasteiger partial charge in [0, 0.05) is 13.1 Å². The number of β-amino-alcohol motifs (C(OH)–C–C–N with tert-alkyl or cyclic N) is 1. The number of hydrogen-bond donors (Lipinski definition) is 2. The lowest BCUT2D eigenvalue weighted by Gasteiger charge is -2.30. The van der Waals surface area contributed by atoms with Gasteiger partial charge in [-0.3, -0.25) is 0 Å². The van der Waals surface area contributed by atoms with Crippen LogP contribution in [0, 0.1) is 0 Å². The fourth-order valence-corrected chi connectivity index (χ4v) is 3.08. The predicted octanol–water partition coefficient (Wildman–Crippen LogP) is 1.53. The number of likely N-dealkylation sites (tertiary alicyclic amines) is 1. The average Bonchev–Trinajstić information content (AvgIpc) is 2.54. The summed E-state index contributed by atoms with van der Waals surface area (Å²) < 4.78 is 0. The standard InChI is InChI=1S/C13H25NO2/c1-12(15)5-4-9-14(10-8-12)11-13(16)6-2-3-7-13/h15-16H,2-11H2,1H3. The highest BCUT2D eigenvalue weighted by atomic mass is 16.3. The van der Waals surface area contributed by atoms with Crippen molar-refractivity contribution >= 4 is 0 Å². The fourth-order valence-electron chi connectivity index (χ4n) is 3.08. The summed E-state index contributed by atoms with van der Waals surface area (Å²) in [5.74, 6) is 0. The maximum absolute atomic E-state index is 10.4. The van der Waals surface area contributed by atoms with Crippen LogP contribution in [0.15, 0.2) is 0 Å². The minimum Gasteiger partial charge on any atom is -0.390 e. The second kappa shape index (κ2) is 4.63. The minimum absolute atomic E-state index is 0.434. The molecular weight excluding hydrogens is 202 g/mol. The second-order valence-electron chi connectivity index (χ2n) is 6.06. The third kappa shape index (κ3) is 3.19. The first kappa shape index (κ1) is 12.3. The van der Waals surface area contributed by atoms with Gasteiger partial charge >= 0.3 is 0 Å². The molecule has 0 amide bonds. The van der Waals surface area contributed by atoms with E-state index in [0.29, 0.717) is 0 Å². The first-order valence-electron chi connectivity index (χ1n) is 6.66. The van der Waals surface area contributed by atoms with Gasteiger partial charge in [-0.05, 0) is 45.6 Å². The first-order chi connectivity index (χ1) is 7.49. The molecule has 0 bridgehead atoms. The molecule has 3 nitrogen and oxygen atoms in total. The van der Waals surface area contributed by atoms with E-state index in [0.717, 1.165) is 51.7 Å². The topological polar surface area (TPSA) is 43.7 Å². The van der Waals surface area contributed by atoms with Gasteiger partial charge in [0.1, 0.15) is 0 Å². The highest BCUT2D eigenvalue weighted by Gasteiger charge is 2.34. The second-order valence-corrected chi connectivity index (χ2v) is 6.06. The van der Waals surface area contributed by atoms with Crippen LogP contribution in [0.1, 0.15) is 51.9 Å². The highest BCUT2D eigenvalue weighted by Crippen LogP contribution is 2.31. The lowest BCUT2D eigenvalue weighted by atomic mass is 9.98. The van der Waals surface area contributed by atoms with E-state index in [2.05, 4.69) is 4.90 Å². The summed E-state index contributed by atoms with van der Waals surface area (Å²) in [4.78, 5) is 2.34. The molecule has 1 aliphatic heterocycles. The van der Waals surface area contributed by atoms with E-state index in [1.54, 1.807) is 0 Å². The molecule has 2 aliphatic rings. The Labute approximate surface area is 98.5 Å². The SMILES string of the molecule is CC1(O)CCCN(CC2(O)CCCC2)CC1. The van der Waals surface area contributed by atoms with Crippen molar-refractivity contribution in [3.8, 4) is 0 Å². The van der Waals surface area contributed by atoms with E-state index in [9.17, 15) is 10.2 Å². The normalized spacial score (nSPS) is 36.2. The third-order valence-corrected chi connectivity index (χ3v) is 4.21. The van der Waals surface area contributed by atoms with Crippen molar-refractivity contribution in [1.29, 1.82) is 0 Å². The zero-order chi connectivity index (χ0) is 11.6. The maximum Gasteiger partial charge on any atom is 0.0774 e. The van der Waals surface area contributed by atoms with Gasteiger partial charge in [-0.1, -0.05) is 12.8 Å². The van der Waals surface area contributed by atoms with Crippen molar-refractivity contribution in [2.75, 3.05) is 19.6 Å². The zero-order valence-corrected chi connectivity index (χ0v) is 10.4. The largest absolute Gasteiger partial charge is 0.390 e. The Kier molecular flexibility index (Phi) is 3.57. The van der Waals surface area contributed by atoms with Crippen molar-refractivity contribution in [1.82, 2.24) is 4.90 Å². The van der Waals surface area contributed by atoms with Crippen molar-refractivity contribution < 1.29 is 10.2 Å². The first-order valence-corrected chi connectivity index (χ1v) is 6.66. The zero-order valence-electron chi connectivity index (χ0n) is 10.4. The van der Waals surface area contributed by atoms with E-state index < -0.39 is 11.2 Å². The average molecular weight is 227 g/mol. The summed E-state index contributed by atoms with van der Waals surface area (Å²) in [6, 6.07) is 0. The van der Waals surface area contributed by atoms with E-state index in [1.165, 1.54) is 12.8 Å². The molecule has 1 atom stereocenters. The Morgan fingerprint density at radius 2 is 1.62 bits per heavy atom. The number of rotatable bonds is 2. The van der Waals surface area contributed by atoms with Crippen LogP contribution in [0.25, 0.3) is 0 Å². The molecule has 1 saturated heterocycles. The molecular formula is C13H25NO2. The smallest absolute Gasteiger partial charge is 0.0774 e. The summed E-state index contributed by atoms with van der Waals surface area (Å²) in [5, 5.41) is 20.4. The molecule has 1 heterocycles. The molecule has 0 aromatic rings. The van der Waals surface area contributed by atoms with Crippen molar-refractivity contribution in [2.24, 2.45) is 0 Å². The van der Waals surface area contributed by atoms with Gasteiger partial charge in [0.25, 0.3) is 0 Å². The molecule has 0 aromatic carbocycles. The van der Waals surface area contributed by atoms with Gasteiger partial charge < -0.3 is 15.1 Å². The van der Waals surface area contributed by atoms with Crippen LogP contribution in [0.4, 0.5) is 0 Å². The molecule has 2 rings (SSSR count). The summed E-state index contributed by atoms with van der Waals surface area (Å²) in [6.45, 7) is 4.69. The molecule has 16 heavy (non-hydrogen) atoms. The van der Waals surface area contributed by atoms with Crippen LogP contribution in [0.3, 0.4) is 0 Å². The Balaban J connectivity index is 1.86. The van der Waals surface area contributed by atoms with Gasteiger partial charge in [-0.25, -0.2) is 0 Å². The number of aliphatic hydroxyl groups is 2. The van der Waals surface area contributed by atoms with Crippen LogP contribution in [-0.4, -0.2) is 45.9 Å². The quantitative estimate of drug-likeness (QED) is 0.752. The molecule has 0 radical (unpaired) electrons. The molecule has 1 saturated carbocycles. The molecule has 2 N–H and O–H groups in total. The molecule has 1 aliphatic carbocycles. The molecule has 94 valence electrons. The maximum atomic E-state index is 10.4. The fraction of sp³-hybridized carbons (Fsp3) is 1.00. The number of nitrogens with zero attached hydrogens (tertiary/aromatic N) is 1. The van der Waals surface area contributed by atoms with Crippen molar-refractivity contribution in [2.45, 2.75) is 63.1 Å². The highest BCUT2D eigenvalue weighted by molar-refractivity contribution is 4.89. The van der Waals surface area contributed by atoms with Gasteiger partial charge in [0.05, 0.1) is 11.2 Å². The lowest BCUT2D eigenvalue weighted by Crippen LogP contribution is -2.42. The molecule has 0 spiro atoms. The van der Waals surface area contributed by atoms with E-state index in [1.807, 2.05) is 6.92 Å². The van der Waals surface area contributed by atoms with Crippen LogP contribution in [-0.2, 0) is 0 Å². The Morgan fingerprint density at radius 3 is 2.31 bits per heavy atom. The van der Waals surface area contributed by atoms with E-state index >= 15 is 0 Å². The summed E-state index contributed by atoms with van der Waals surface area (Å²) in [6.07, 6.45) is 7.03. The molecule has 2 fully saturated rings. The minimum atomic E-state index is -0.493. The monoisotopic (exact) mass is 227 g/mol. The molecule has 3 heteroatoms. The van der Waals surface area contributed by atoms with Gasteiger partial charge in [0.2, 0.25) is 0 Å². The van der Waals surface area contributed by atoms with Crippen molar-refractivity contribution in [3.63, 3.8) is 0 Å². The van der Waals surface area contributed by atoms with E-state index in [-0.39, 0.29) is 0 Å². The summed E-state index contributed by atoms with van der Waals surface area (Å²) >= 11 is 0. The summed E-state index contributed by atoms with van der Waals surface area (Å²) in [5.41, 5.74) is -0.927. The van der Waals surface area contributed by atoms with Crippen molar-refractivity contribution in [3.05, 3.63) is 0 Å². The van der Waals surface area contributed by atoms with Gasteiger partial charge in [-0.15, -0.1) is 0 Å². The van der Waals surface area contributed by atoms with E-state index in [4.69, 9.17) is 0 Å². The van der Waals surface area contributed by atoms with Crippen LogP contribution in [0.2, 0.25) is 0 Å². The Hall–Kier alpha value is -0.120. The Bertz CT molecular complexity index is 234.